The zero-order valence-electron chi connectivity index (χ0n) is 18.6. The first kappa shape index (κ1) is 21.2. The maximum Gasteiger partial charge on any atom is 0.267 e. The average Bonchev–Trinajstić information content (AvgIpc) is 3.07. The number of rotatable bonds is 7. The first-order chi connectivity index (χ1) is 15.1. The van der Waals surface area contributed by atoms with Gasteiger partial charge in [0.05, 0.1) is 7.11 Å². The molecule has 31 heavy (non-hydrogen) atoms. The molecule has 0 amide bonds. The van der Waals surface area contributed by atoms with E-state index in [9.17, 15) is 4.79 Å². The Labute approximate surface area is 183 Å². The zero-order chi connectivity index (χ0) is 21.8. The van der Waals surface area contributed by atoms with Gasteiger partial charge in [0.15, 0.2) is 0 Å². The van der Waals surface area contributed by atoms with Crippen molar-refractivity contribution in [2.24, 2.45) is 0 Å². The third-order valence-electron chi connectivity index (χ3n) is 5.92. The predicted octanol–water partition coefficient (Wildman–Crippen LogP) is 2.87. The van der Waals surface area contributed by atoms with Gasteiger partial charge in [-0.05, 0) is 50.1 Å². The lowest BCUT2D eigenvalue weighted by Crippen LogP contribution is -2.47. The largest absolute Gasteiger partial charge is 0.494 e. The van der Waals surface area contributed by atoms with Gasteiger partial charge in [0.2, 0.25) is 0 Å². The minimum absolute atomic E-state index is 0.0266. The molecule has 164 valence electrons. The Morgan fingerprint density at radius 2 is 1.77 bits per heavy atom. The number of nitrogens with zero attached hydrogens (tertiary/aromatic N) is 5. The first-order valence-electron chi connectivity index (χ1n) is 10.9. The van der Waals surface area contributed by atoms with Crippen LogP contribution in [0.2, 0.25) is 0 Å². The molecule has 0 bridgehead atoms. The van der Waals surface area contributed by atoms with Crippen LogP contribution in [0.1, 0.15) is 17.7 Å². The predicted molar refractivity (Wildman–Crippen MR) is 124 cm³/mol. The summed E-state index contributed by atoms with van der Waals surface area (Å²) in [5.41, 5.74) is 3.07. The molecule has 0 radical (unpaired) electrons. The van der Waals surface area contributed by atoms with Crippen molar-refractivity contribution in [2.45, 2.75) is 26.8 Å². The van der Waals surface area contributed by atoms with Crippen LogP contribution in [-0.4, -0.2) is 59.1 Å². The molecule has 1 saturated heterocycles. The van der Waals surface area contributed by atoms with E-state index in [0.29, 0.717) is 6.54 Å². The Kier molecular flexibility index (Phi) is 6.42. The second-order valence-corrected chi connectivity index (χ2v) is 8.10. The number of ether oxygens (including phenoxy) is 1. The molecule has 0 N–H and O–H groups in total. The molecule has 3 heterocycles. The molecule has 4 rings (SSSR count). The zero-order valence-corrected chi connectivity index (χ0v) is 18.6. The Bertz CT molecular complexity index is 1080. The molecule has 0 aliphatic carbocycles. The number of hydrogen-bond acceptors (Lipinski definition) is 5. The van der Waals surface area contributed by atoms with Crippen LogP contribution in [0.5, 0.6) is 5.75 Å². The number of para-hydroxylation sites is 2. The highest BCUT2D eigenvalue weighted by Crippen LogP contribution is 2.23. The van der Waals surface area contributed by atoms with Gasteiger partial charge < -0.3 is 9.64 Å². The van der Waals surface area contributed by atoms with E-state index in [1.165, 1.54) is 5.56 Å². The lowest BCUT2D eigenvalue weighted by Gasteiger charge is -2.35. The molecule has 0 unspecified atom stereocenters. The van der Waals surface area contributed by atoms with Gasteiger partial charge in [-0.2, -0.15) is 0 Å². The SMILES string of the molecule is COc1ccccc1-n1c(C)cc(=O)n1CCCN1CCN(c2cc(C)ccn2)CC1. The summed E-state index contributed by atoms with van der Waals surface area (Å²) in [6.45, 7) is 9.69. The number of benzene rings is 1. The van der Waals surface area contributed by atoms with Gasteiger partial charge in [-0.15, -0.1) is 0 Å². The van der Waals surface area contributed by atoms with Crippen LogP contribution >= 0.6 is 0 Å². The number of hydrogen-bond donors (Lipinski definition) is 0. The number of aryl methyl sites for hydroxylation is 2. The van der Waals surface area contributed by atoms with E-state index < -0.39 is 0 Å². The first-order valence-corrected chi connectivity index (χ1v) is 10.9. The Morgan fingerprint density at radius 3 is 2.52 bits per heavy atom. The van der Waals surface area contributed by atoms with E-state index >= 15 is 0 Å². The van der Waals surface area contributed by atoms with Gasteiger partial charge in [-0.3, -0.25) is 14.4 Å². The Morgan fingerprint density at radius 1 is 1.00 bits per heavy atom. The van der Waals surface area contributed by atoms with E-state index in [2.05, 4.69) is 27.8 Å². The molecule has 0 saturated carbocycles. The van der Waals surface area contributed by atoms with Crippen molar-refractivity contribution in [1.29, 1.82) is 0 Å². The highest BCUT2D eigenvalue weighted by atomic mass is 16.5. The molecule has 7 heteroatoms. The van der Waals surface area contributed by atoms with Gasteiger partial charge in [0.1, 0.15) is 17.3 Å². The number of methoxy groups -OCH3 is 1. The molecular weight excluding hydrogens is 390 g/mol. The van der Waals surface area contributed by atoms with Gasteiger partial charge in [-0.25, -0.2) is 9.67 Å². The Balaban J connectivity index is 1.37. The molecule has 1 aromatic carbocycles. The number of aromatic nitrogens is 3. The summed E-state index contributed by atoms with van der Waals surface area (Å²) >= 11 is 0. The van der Waals surface area contributed by atoms with Crippen molar-refractivity contribution in [1.82, 2.24) is 19.2 Å². The summed E-state index contributed by atoms with van der Waals surface area (Å²) < 4.78 is 9.31. The number of anilines is 1. The van der Waals surface area contributed by atoms with Crippen molar-refractivity contribution in [3.05, 3.63) is 70.3 Å². The van der Waals surface area contributed by atoms with Gasteiger partial charge >= 0.3 is 0 Å². The molecule has 1 aliphatic heterocycles. The van der Waals surface area contributed by atoms with Crippen LogP contribution < -0.4 is 15.2 Å². The molecular formula is C24H31N5O2. The fourth-order valence-corrected chi connectivity index (χ4v) is 4.28. The monoisotopic (exact) mass is 421 g/mol. The summed E-state index contributed by atoms with van der Waals surface area (Å²) in [6.07, 6.45) is 2.80. The third-order valence-corrected chi connectivity index (χ3v) is 5.92. The van der Waals surface area contributed by atoms with E-state index in [-0.39, 0.29) is 5.56 Å². The maximum atomic E-state index is 12.6. The minimum atomic E-state index is 0.0266. The van der Waals surface area contributed by atoms with Crippen molar-refractivity contribution < 1.29 is 4.74 Å². The normalized spacial score (nSPS) is 14.7. The molecule has 0 spiro atoms. The van der Waals surface area contributed by atoms with E-state index in [4.69, 9.17) is 4.74 Å². The second-order valence-electron chi connectivity index (χ2n) is 8.10. The van der Waals surface area contributed by atoms with E-state index in [1.807, 2.05) is 52.8 Å². The van der Waals surface area contributed by atoms with Crippen LogP contribution in [0.15, 0.2) is 53.5 Å². The molecule has 1 aliphatic rings. The summed E-state index contributed by atoms with van der Waals surface area (Å²) in [5, 5.41) is 0. The summed E-state index contributed by atoms with van der Waals surface area (Å²) in [5.74, 6) is 1.83. The van der Waals surface area contributed by atoms with Crippen molar-refractivity contribution >= 4 is 5.82 Å². The maximum absolute atomic E-state index is 12.6. The third kappa shape index (κ3) is 4.66. The molecule has 2 aromatic heterocycles. The quantitative estimate of drug-likeness (QED) is 0.587. The summed E-state index contributed by atoms with van der Waals surface area (Å²) in [7, 11) is 1.66. The van der Waals surface area contributed by atoms with Crippen LogP contribution in [0.3, 0.4) is 0 Å². The summed E-state index contributed by atoms with van der Waals surface area (Å²) in [4.78, 5) is 22.0. The van der Waals surface area contributed by atoms with E-state index in [0.717, 1.165) is 62.1 Å². The standard InChI is InChI=1S/C24H31N5O2/c1-19-9-10-25-23(17-19)27-15-13-26(14-16-27)11-6-12-28-24(30)18-20(2)29(28)21-7-4-5-8-22(21)31-3/h4-5,7-10,17-18H,6,11-16H2,1-3H3. The van der Waals surface area contributed by atoms with Gasteiger partial charge in [0.25, 0.3) is 5.56 Å². The van der Waals surface area contributed by atoms with Crippen LogP contribution in [0.4, 0.5) is 5.82 Å². The topological polar surface area (TPSA) is 55.5 Å². The number of pyridine rings is 1. The Hall–Kier alpha value is -3.06. The van der Waals surface area contributed by atoms with Crippen molar-refractivity contribution in [2.75, 3.05) is 44.7 Å². The van der Waals surface area contributed by atoms with Gasteiger partial charge in [0, 0.05) is 57.2 Å². The smallest absolute Gasteiger partial charge is 0.267 e. The molecule has 3 aromatic rings. The second kappa shape index (κ2) is 9.39. The average molecular weight is 422 g/mol. The lowest BCUT2D eigenvalue weighted by atomic mass is 10.2. The fourth-order valence-electron chi connectivity index (χ4n) is 4.28. The highest BCUT2D eigenvalue weighted by molar-refractivity contribution is 5.47. The summed E-state index contributed by atoms with van der Waals surface area (Å²) in [6, 6.07) is 13.7. The fraction of sp³-hybridized carbons (Fsp3) is 0.417. The number of piperazine rings is 1. The van der Waals surface area contributed by atoms with Crippen LogP contribution in [-0.2, 0) is 6.54 Å². The van der Waals surface area contributed by atoms with Crippen LogP contribution in [0.25, 0.3) is 5.69 Å². The molecule has 0 atom stereocenters. The highest BCUT2D eigenvalue weighted by Gasteiger charge is 2.18. The van der Waals surface area contributed by atoms with Crippen LogP contribution in [0, 0.1) is 13.8 Å². The minimum Gasteiger partial charge on any atom is -0.494 e. The van der Waals surface area contributed by atoms with E-state index in [1.54, 1.807) is 13.2 Å². The van der Waals surface area contributed by atoms with Crippen molar-refractivity contribution in [3.8, 4) is 11.4 Å². The molecule has 1 fully saturated rings. The van der Waals surface area contributed by atoms with Crippen molar-refractivity contribution in [3.63, 3.8) is 0 Å². The van der Waals surface area contributed by atoms with Gasteiger partial charge in [-0.1, -0.05) is 12.1 Å². The lowest BCUT2D eigenvalue weighted by molar-refractivity contribution is 0.247. The molecule has 7 nitrogen and oxygen atoms in total.